The monoisotopic (exact) mass is 326 g/mol. The van der Waals surface area contributed by atoms with Crippen LogP contribution in [0.3, 0.4) is 0 Å². The van der Waals surface area contributed by atoms with Crippen molar-refractivity contribution in [1.29, 1.82) is 0 Å². The van der Waals surface area contributed by atoms with E-state index in [-0.39, 0.29) is 6.09 Å². The maximum absolute atomic E-state index is 11.5. The lowest BCUT2D eigenvalue weighted by molar-refractivity contribution is 0.0527. The molecule has 0 saturated heterocycles. The molecule has 0 aliphatic carbocycles. The van der Waals surface area contributed by atoms with E-state index in [4.69, 9.17) is 16.3 Å². The third-order valence-electron chi connectivity index (χ3n) is 2.95. The van der Waals surface area contributed by atoms with Gasteiger partial charge in [0.1, 0.15) is 5.60 Å². The zero-order chi connectivity index (χ0) is 16.6. The van der Waals surface area contributed by atoms with Crippen molar-refractivity contribution in [2.24, 2.45) is 0 Å². The minimum absolute atomic E-state index is 0.361. The Labute approximate surface area is 138 Å². The van der Waals surface area contributed by atoms with Crippen molar-refractivity contribution in [3.05, 3.63) is 34.9 Å². The number of benzene rings is 1. The molecule has 4 nitrogen and oxygen atoms in total. The van der Waals surface area contributed by atoms with Crippen molar-refractivity contribution in [2.75, 3.05) is 13.1 Å². The van der Waals surface area contributed by atoms with E-state index >= 15 is 0 Å². The van der Waals surface area contributed by atoms with E-state index in [1.165, 1.54) is 5.56 Å². The van der Waals surface area contributed by atoms with Gasteiger partial charge < -0.3 is 15.4 Å². The Kier molecular flexibility index (Phi) is 7.69. The molecule has 22 heavy (non-hydrogen) atoms. The average molecular weight is 327 g/mol. The molecule has 0 aliphatic rings. The highest BCUT2D eigenvalue weighted by molar-refractivity contribution is 6.30. The first-order chi connectivity index (χ1) is 10.3. The van der Waals surface area contributed by atoms with E-state index < -0.39 is 5.60 Å². The number of carbonyl (C=O) groups excluding carboxylic acids is 1. The van der Waals surface area contributed by atoms with Gasteiger partial charge in [0, 0.05) is 17.6 Å². The molecule has 0 aliphatic heterocycles. The molecule has 1 atom stereocenters. The Balaban J connectivity index is 2.13. The van der Waals surface area contributed by atoms with Crippen molar-refractivity contribution < 1.29 is 9.53 Å². The van der Waals surface area contributed by atoms with Crippen LogP contribution in [-0.4, -0.2) is 30.8 Å². The second kappa shape index (κ2) is 9.01. The first-order valence-corrected chi connectivity index (χ1v) is 8.09. The molecule has 0 fully saturated rings. The molecule has 0 saturated carbocycles. The highest BCUT2D eigenvalue weighted by atomic mass is 35.5. The number of hydrogen-bond acceptors (Lipinski definition) is 3. The summed E-state index contributed by atoms with van der Waals surface area (Å²) in [6, 6.07) is 8.28. The molecule has 1 rings (SSSR count). The van der Waals surface area contributed by atoms with Crippen molar-refractivity contribution in [3.63, 3.8) is 0 Å². The highest BCUT2D eigenvalue weighted by Gasteiger charge is 2.15. The molecule has 1 unspecified atom stereocenters. The van der Waals surface area contributed by atoms with Crippen molar-refractivity contribution in [2.45, 2.75) is 52.2 Å². The number of hydrogen-bond donors (Lipinski definition) is 2. The quantitative estimate of drug-likeness (QED) is 0.750. The Morgan fingerprint density at radius 1 is 1.32 bits per heavy atom. The number of nitrogens with one attached hydrogen (secondary N) is 2. The lowest BCUT2D eigenvalue weighted by Gasteiger charge is -2.19. The number of rotatable bonds is 7. The van der Waals surface area contributed by atoms with E-state index in [1.807, 2.05) is 39.0 Å². The predicted octanol–water partition coefficient (Wildman–Crippen LogP) is 3.78. The van der Waals surface area contributed by atoms with Gasteiger partial charge in [0.05, 0.1) is 0 Å². The maximum atomic E-state index is 11.5. The number of alkyl carbamates (subject to hydrolysis) is 1. The van der Waals surface area contributed by atoms with E-state index in [9.17, 15) is 4.79 Å². The van der Waals surface area contributed by atoms with Crippen molar-refractivity contribution in [1.82, 2.24) is 10.6 Å². The lowest BCUT2D eigenvalue weighted by Crippen LogP contribution is -2.35. The topological polar surface area (TPSA) is 50.4 Å². The Morgan fingerprint density at radius 2 is 2.05 bits per heavy atom. The second-order valence-corrected chi connectivity index (χ2v) is 6.91. The van der Waals surface area contributed by atoms with Gasteiger partial charge in [-0.15, -0.1) is 0 Å². The van der Waals surface area contributed by atoms with E-state index in [2.05, 4.69) is 23.6 Å². The first-order valence-electron chi connectivity index (χ1n) is 7.71. The molecule has 1 amide bonds. The lowest BCUT2D eigenvalue weighted by atomic mass is 10.1. The maximum Gasteiger partial charge on any atom is 0.407 e. The summed E-state index contributed by atoms with van der Waals surface area (Å²) in [6.07, 6.45) is 1.43. The Bertz CT molecular complexity index is 472. The van der Waals surface area contributed by atoms with Gasteiger partial charge in [0.15, 0.2) is 0 Å². The standard InChI is InChI=1S/C17H27ClN2O2/c1-13(11-14-7-5-8-15(18)12-14)19-9-6-10-20-16(21)22-17(2,3)4/h5,7-8,12-13,19H,6,9-11H2,1-4H3,(H,20,21). The van der Waals surface area contributed by atoms with Crippen LogP contribution in [0.5, 0.6) is 0 Å². The van der Waals surface area contributed by atoms with Gasteiger partial charge >= 0.3 is 6.09 Å². The minimum Gasteiger partial charge on any atom is -0.444 e. The van der Waals surface area contributed by atoms with E-state index in [0.717, 1.165) is 24.4 Å². The van der Waals surface area contributed by atoms with E-state index in [1.54, 1.807) is 0 Å². The number of carbonyl (C=O) groups is 1. The number of halogens is 1. The van der Waals surface area contributed by atoms with Gasteiger partial charge in [-0.05, 0) is 64.8 Å². The molecule has 0 radical (unpaired) electrons. The number of ether oxygens (including phenoxy) is 1. The normalized spacial score (nSPS) is 12.8. The fraction of sp³-hybridized carbons (Fsp3) is 0.588. The van der Waals surface area contributed by atoms with Crippen LogP contribution in [0.2, 0.25) is 5.02 Å². The molecule has 5 heteroatoms. The molecule has 124 valence electrons. The summed E-state index contributed by atoms with van der Waals surface area (Å²) in [4.78, 5) is 11.5. The predicted molar refractivity (Wildman–Crippen MR) is 91.5 cm³/mol. The van der Waals surface area contributed by atoms with Gasteiger partial charge in [0.2, 0.25) is 0 Å². The van der Waals surface area contributed by atoms with Crippen molar-refractivity contribution in [3.8, 4) is 0 Å². The number of amides is 1. The average Bonchev–Trinajstić information content (AvgIpc) is 2.36. The Morgan fingerprint density at radius 3 is 2.68 bits per heavy atom. The molecular weight excluding hydrogens is 300 g/mol. The van der Waals surface area contributed by atoms with Crippen LogP contribution in [0.15, 0.2) is 24.3 Å². The molecule has 2 N–H and O–H groups in total. The summed E-state index contributed by atoms with van der Waals surface area (Å²) in [5.74, 6) is 0. The summed E-state index contributed by atoms with van der Waals surface area (Å²) in [6.45, 7) is 9.15. The third kappa shape index (κ3) is 8.90. The molecule has 0 heterocycles. The smallest absolute Gasteiger partial charge is 0.407 e. The minimum atomic E-state index is -0.451. The molecule has 0 spiro atoms. The molecule has 0 aromatic heterocycles. The molecule has 0 bridgehead atoms. The zero-order valence-corrected chi connectivity index (χ0v) is 14.7. The van der Waals surface area contributed by atoms with Gasteiger partial charge in [-0.2, -0.15) is 0 Å². The fourth-order valence-electron chi connectivity index (χ4n) is 2.03. The fourth-order valence-corrected chi connectivity index (χ4v) is 2.24. The first kappa shape index (κ1) is 18.8. The van der Waals surface area contributed by atoms with Crippen molar-refractivity contribution >= 4 is 17.7 Å². The largest absolute Gasteiger partial charge is 0.444 e. The van der Waals surface area contributed by atoms with Crippen LogP contribution < -0.4 is 10.6 Å². The summed E-state index contributed by atoms with van der Waals surface area (Å²) in [7, 11) is 0. The van der Waals surface area contributed by atoms with Gasteiger partial charge in [-0.1, -0.05) is 23.7 Å². The van der Waals surface area contributed by atoms with Crippen LogP contribution in [-0.2, 0) is 11.2 Å². The van der Waals surface area contributed by atoms with Gasteiger partial charge in [0.25, 0.3) is 0 Å². The molecule has 1 aromatic rings. The van der Waals surface area contributed by atoms with Gasteiger partial charge in [-0.25, -0.2) is 4.79 Å². The highest BCUT2D eigenvalue weighted by Crippen LogP contribution is 2.12. The zero-order valence-electron chi connectivity index (χ0n) is 13.9. The van der Waals surface area contributed by atoms with Crippen LogP contribution in [0.4, 0.5) is 4.79 Å². The van der Waals surface area contributed by atoms with Crippen LogP contribution in [0, 0.1) is 0 Å². The van der Waals surface area contributed by atoms with Crippen LogP contribution >= 0.6 is 11.6 Å². The summed E-state index contributed by atoms with van der Waals surface area (Å²) >= 11 is 5.98. The van der Waals surface area contributed by atoms with Crippen LogP contribution in [0.25, 0.3) is 0 Å². The summed E-state index contributed by atoms with van der Waals surface area (Å²) in [5, 5.41) is 6.96. The van der Waals surface area contributed by atoms with Crippen LogP contribution in [0.1, 0.15) is 39.7 Å². The third-order valence-corrected chi connectivity index (χ3v) is 3.18. The molecular formula is C17H27ClN2O2. The second-order valence-electron chi connectivity index (χ2n) is 6.47. The molecule has 1 aromatic carbocycles. The summed E-state index contributed by atoms with van der Waals surface area (Å²) in [5.41, 5.74) is 0.771. The Hall–Kier alpha value is -1.26. The summed E-state index contributed by atoms with van der Waals surface area (Å²) < 4.78 is 5.17. The van der Waals surface area contributed by atoms with Gasteiger partial charge in [-0.3, -0.25) is 0 Å². The SMILES string of the molecule is CC(Cc1cccc(Cl)c1)NCCCNC(=O)OC(C)(C)C. The van der Waals surface area contributed by atoms with E-state index in [0.29, 0.717) is 12.6 Å².